The van der Waals surface area contributed by atoms with Gasteiger partial charge in [-0.25, -0.2) is 9.59 Å². The van der Waals surface area contributed by atoms with Crippen LogP contribution in [-0.2, 0) is 14.3 Å². The van der Waals surface area contributed by atoms with Crippen LogP contribution in [-0.4, -0.2) is 43.3 Å². The van der Waals surface area contributed by atoms with Gasteiger partial charge in [-0.3, -0.25) is 4.90 Å². The summed E-state index contributed by atoms with van der Waals surface area (Å²) in [6.07, 6.45) is 4.46. The first-order valence-electron chi connectivity index (χ1n) is 9.78. The maximum absolute atomic E-state index is 12.4. The average molecular weight is 358 g/mol. The summed E-state index contributed by atoms with van der Waals surface area (Å²) >= 11 is 0. The van der Waals surface area contributed by atoms with E-state index in [1.165, 1.54) is 4.90 Å². The Balaban J connectivity index is 4.72. The van der Waals surface area contributed by atoms with E-state index < -0.39 is 12.1 Å². The van der Waals surface area contributed by atoms with Crippen LogP contribution in [0.3, 0.4) is 0 Å². The largest absolute Gasteiger partial charge is 0.464 e. The molecule has 0 fully saturated rings. The highest BCUT2D eigenvalue weighted by Crippen LogP contribution is 2.16. The zero-order chi connectivity index (χ0) is 19.4. The van der Waals surface area contributed by atoms with Gasteiger partial charge in [-0.05, 0) is 30.6 Å². The van der Waals surface area contributed by atoms with Crippen LogP contribution in [0.15, 0.2) is 0 Å². The van der Waals surface area contributed by atoms with Gasteiger partial charge >= 0.3 is 12.1 Å². The zero-order valence-electron chi connectivity index (χ0n) is 17.3. The van der Waals surface area contributed by atoms with Gasteiger partial charge in [-0.15, -0.1) is 0 Å². The zero-order valence-corrected chi connectivity index (χ0v) is 17.3. The third-order valence-electron chi connectivity index (χ3n) is 4.27. The number of carbonyl (C=O) groups is 2. The van der Waals surface area contributed by atoms with Crippen molar-refractivity contribution >= 4 is 12.1 Å². The Bertz CT molecular complexity index is 382. The van der Waals surface area contributed by atoms with Crippen LogP contribution in [0.1, 0.15) is 73.6 Å². The molecule has 0 spiro atoms. The van der Waals surface area contributed by atoms with E-state index >= 15 is 0 Å². The van der Waals surface area contributed by atoms with Crippen molar-refractivity contribution in [1.29, 1.82) is 0 Å². The SMILES string of the molecule is CCCCC(CC)COC(=O)N(C)C(CC(C)C)C(=O)OCC(C)C. The summed E-state index contributed by atoms with van der Waals surface area (Å²) in [4.78, 5) is 26.2. The highest BCUT2D eigenvalue weighted by atomic mass is 16.6. The first-order valence-corrected chi connectivity index (χ1v) is 9.78. The van der Waals surface area contributed by atoms with Crippen molar-refractivity contribution in [3.63, 3.8) is 0 Å². The Morgan fingerprint density at radius 3 is 2.08 bits per heavy atom. The van der Waals surface area contributed by atoms with Gasteiger partial charge in [0.25, 0.3) is 0 Å². The fourth-order valence-electron chi connectivity index (χ4n) is 2.52. The lowest BCUT2D eigenvalue weighted by Crippen LogP contribution is -2.45. The molecule has 0 saturated heterocycles. The van der Waals surface area contributed by atoms with Crippen LogP contribution in [0.25, 0.3) is 0 Å². The Morgan fingerprint density at radius 2 is 1.60 bits per heavy atom. The molecule has 0 rings (SSSR count). The molecule has 2 atom stereocenters. The molecule has 25 heavy (non-hydrogen) atoms. The number of hydrogen-bond acceptors (Lipinski definition) is 4. The van der Waals surface area contributed by atoms with E-state index in [-0.39, 0.29) is 17.8 Å². The van der Waals surface area contributed by atoms with Gasteiger partial charge in [0.2, 0.25) is 0 Å². The second-order valence-corrected chi connectivity index (χ2v) is 7.77. The molecule has 0 aromatic heterocycles. The lowest BCUT2D eigenvalue weighted by Gasteiger charge is -2.28. The molecular weight excluding hydrogens is 318 g/mol. The van der Waals surface area contributed by atoms with E-state index in [0.717, 1.165) is 25.7 Å². The molecule has 0 saturated carbocycles. The Labute approximate surface area is 154 Å². The van der Waals surface area contributed by atoms with Gasteiger partial charge in [-0.2, -0.15) is 0 Å². The van der Waals surface area contributed by atoms with Gasteiger partial charge in [-0.1, -0.05) is 60.8 Å². The predicted octanol–water partition coefficient (Wildman–Crippen LogP) is 4.89. The monoisotopic (exact) mass is 357 g/mol. The Hall–Kier alpha value is -1.26. The van der Waals surface area contributed by atoms with E-state index in [1.807, 2.05) is 27.7 Å². The van der Waals surface area contributed by atoms with Crippen molar-refractivity contribution in [1.82, 2.24) is 4.90 Å². The molecule has 5 heteroatoms. The molecule has 2 unspecified atom stereocenters. The van der Waals surface area contributed by atoms with Gasteiger partial charge in [0.15, 0.2) is 0 Å². The number of likely N-dealkylation sites (N-methyl/N-ethyl adjacent to an activating group) is 1. The van der Waals surface area contributed by atoms with Crippen molar-refractivity contribution in [2.75, 3.05) is 20.3 Å². The van der Waals surface area contributed by atoms with Crippen molar-refractivity contribution in [2.45, 2.75) is 79.7 Å². The number of hydrogen-bond donors (Lipinski definition) is 0. The summed E-state index contributed by atoms with van der Waals surface area (Å²) in [5.41, 5.74) is 0. The average Bonchev–Trinajstić information content (AvgIpc) is 2.56. The van der Waals surface area contributed by atoms with E-state index in [4.69, 9.17) is 9.47 Å². The van der Waals surface area contributed by atoms with Gasteiger partial charge in [0, 0.05) is 7.05 Å². The van der Waals surface area contributed by atoms with Crippen LogP contribution in [0.4, 0.5) is 4.79 Å². The highest BCUT2D eigenvalue weighted by Gasteiger charge is 2.30. The smallest absolute Gasteiger partial charge is 0.410 e. The van der Waals surface area contributed by atoms with Gasteiger partial charge < -0.3 is 9.47 Å². The number of nitrogens with zero attached hydrogens (tertiary/aromatic N) is 1. The standard InChI is InChI=1S/C20H39NO4/c1-8-10-11-17(9-2)14-25-20(23)21(7)18(12-15(3)4)19(22)24-13-16(5)6/h15-18H,8-14H2,1-7H3. The third-order valence-corrected chi connectivity index (χ3v) is 4.27. The van der Waals surface area contributed by atoms with Crippen LogP contribution in [0.5, 0.6) is 0 Å². The fraction of sp³-hybridized carbons (Fsp3) is 0.900. The second kappa shape index (κ2) is 13.0. The molecule has 0 heterocycles. The summed E-state index contributed by atoms with van der Waals surface area (Å²) in [6.45, 7) is 13.1. The lowest BCUT2D eigenvalue weighted by atomic mass is 10.0. The molecule has 0 aromatic carbocycles. The van der Waals surface area contributed by atoms with Crippen molar-refractivity contribution < 1.29 is 19.1 Å². The van der Waals surface area contributed by atoms with E-state index in [1.54, 1.807) is 7.05 Å². The Morgan fingerprint density at radius 1 is 0.960 bits per heavy atom. The fourth-order valence-corrected chi connectivity index (χ4v) is 2.52. The summed E-state index contributed by atoms with van der Waals surface area (Å²) in [5, 5.41) is 0. The molecule has 0 aliphatic rings. The van der Waals surface area contributed by atoms with E-state index in [2.05, 4.69) is 13.8 Å². The second-order valence-electron chi connectivity index (χ2n) is 7.77. The number of esters is 1. The maximum atomic E-state index is 12.4. The van der Waals surface area contributed by atoms with E-state index in [9.17, 15) is 9.59 Å². The first kappa shape index (κ1) is 23.7. The topological polar surface area (TPSA) is 55.8 Å². The number of amides is 1. The van der Waals surface area contributed by atoms with Crippen LogP contribution in [0, 0.1) is 17.8 Å². The molecule has 5 nitrogen and oxygen atoms in total. The number of carbonyl (C=O) groups excluding carboxylic acids is 2. The summed E-state index contributed by atoms with van der Waals surface area (Å²) in [6, 6.07) is -0.595. The molecule has 0 aliphatic heterocycles. The predicted molar refractivity (Wildman–Crippen MR) is 101 cm³/mol. The third kappa shape index (κ3) is 10.4. The number of unbranched alkanes of at least 4 members (excludes halogenated alkanes) is 1. The van der Waals surface area contributed by atoms with Crippen molar-refractivity contribution in [3.8, 4) is 0 Å². The molecule has 0 N–H and O–H groups in total. The molecule has 1 amide bonds. The van der Waals surface area contributed by atoms with Gasteiger partial charge in [0.1, 0.15) is 6.04 Å². The van der Waals surface area contributed by atoms with Crippen LogP contribution >= 0.6 is 0 Å². The number of rotatable bonds is 12. The molecule has 148 valence electrons. The number of ether oxygens (including phenoxy) is 2. The minimum absolute atomic E-state index is 0.268. The molecule has 0 bridgehead atoms. The minimum atomic E-state index is -0.595. The van der Waals surface area contributed by atoms with Gasteiger partial charge in [0.05, 0.1) is 13.2 Å². The van der Waals surface area contributed by atoms with E-state index in [0.29, 0.717) is 25.6 Å². The Kier molecular flexibility index (Phi) is 12.4. The first-order chi connectivity index (χ1) is 11.7. The normalized spacial score (nSPS) is 13.6. The van der Waals surface area contributed by atoms with Crippen molar-refractivity contribution in [2.24, 2.45) is 17.8 Å². The van der Waals surface area contributed by atoms with Crippen LogP contribution in [0.2, 0.25) is 0 Å². The highest BCUT2D eigenvalue weighted by molar-refractivity contribution is 5.81. The lowest BCUT2D eigenvalue weighted by molar-refractivity contribution is -0.150. The van der Waals surface area contributed by atoms with Crippen molar-refractivity contribution in [3.05, 3.63) is 0 Å². The molecule has 0 aromatic rings. The maximum Gasteiger partial charge on any atom is 0.410 e. The molecular formula is C20H39NO4. The quantitative estimate of drug-likeness (QED) is 0.467. The summed E-state index contributed by atoms with van der Waals surface area (Å²) in [5.74, 6) is 0.582. The summed E-state index contributed by atoms with van der Waals surface area (Å²) in [7, 11) is 1.62. The van der Waals surface area contributed by atoms with Crippen LogP contribution < -0.4 is 0 Å². The minimum Gasteiger partial charge on any atom is -0.464 e. The molecule has 0 aliphatic carbocycles. The summed E-state index contributed by atoms with van der Waals surface area (Å²) < 4.78 is 10.8. The molecule has 0 radical (unpaired) electrons.